The Balaban J connectivity index is 2.55. The Morgan fingerprint density at radius 3 is 2.42 bits per heavy atom. The predicted octanol–water partition coefficient (Wildman–Crippen LogP) is 3.33. The van der Waals surface area contributed by atoms with Gasteiger partial charge in [0.25, 0.3) is 0 Å². The number of phenolic OH excluding ortho intramolecular Hbond substituents is 1. The van der Waals surface area contributed by atoms with Gasteiger partial charge in [-0.05, 0) is 22.2 Å². The van der Waals surface area contributed by atoms with Crippen LogP contribution in [0.1, 0.15) is 10.4 Å². The van der Waals surface area contributed by atoms with E-state index >= 15 is 0 Å². The van der Waals surface area contributed by atoms with Crippen molar-refractivity contribution in [1.82, 2.24) is 0 Å². The molecule has 3 aromatic rings. The topological polar surface area (TPSA) is 66.8 Å². The lowest BCUT2D eigenvalue weighted by Crippen LogP contribution is -2.03. The molecule has 0 spiro atoms. The van der Waals surface area contributed by atoms with Crippen LogP contribution in [-0.2, 0) is 4.89 Å². The summed E-state index contributed by atoms with van der Waals surface area (Å²) in [6.07, 6.45) is 0. The van der Waals surface area contributed by atoms with Crippen LogP contribution in [0.3, 0.4) is 0 Å². The Labute approximate surface area is 108 Å². The van der Waals surface area contributed by atoms with E-state index < -0.39 is 5.97 Å². The summed E-state index contributed by atoms with van der Waals surface area (Å²) in [5, 5.41) is 21.6. The van der Waals surface area contributed by atoms with Crippen molar-refractivity contribution in [2.24, 2.45) is 0 Å². The Morgan fingerprint density at radius 1 is 0.947 bits per heavy atom. The van der Waals surface area contributed by atoms with E-state index in [1.54, 1.807) is 6.07 Å². The molecule has 94 valence electrons. The van der Waals surface area contributed by atoms with Gasteiger partial charge >= 0.3 is 5.97 Å². The molecule has 3 aromatic carbocycles. The van der Waals surface area contributed by atoms with Gasteiger partial charge in [0.2, 0.25) is 0 Å². The molecule has 0 aliphatic carbocycles. The fourth-order valence-corrected chi connectivity index (χ4v) is 2.34. The fourth-order valence-electron chi connectivity index (χ4n) is 2.34. The van der Waals surface area contributed by atoms with Gasteiger partial charge in [0, 0.05) is 5.39 Å². The second-order valence-electron chi connectivity index (χ2n) is 4.22. The summed E-state index contributed by atoms with van der Waals surface area (Å²) in [4.78, 5) is 15.4. The smallest absolute Gasteiger partial charge is 0.377 e. The zero-order chi connectivity index (χ0) is 13.4. The highest BCUT2D eigenvalue weighted by molar-refractivity contribution is 6.17. The van der Waals surface area contributed by atoms with Crippen LogP contribution >= 0.6 is 0 Å². The number of rotatable bonds is 1. The standard InChI is InChI=1S/C15H10O4/c16-12-8-7-10-6-5-9-3-1-2-4-11(9)13(10)14(12)15(17)19-18/h1-8,16,18H. The van der Waals surface area contributed by atoms with E-state index in [1.807, 2.05) is 36.4 Å². The average molecular weight is 254 g/mol. The average Bonchev–Trinajstić information content (AvgIpc) is 2.46. The first-order chi connectivity index (χ1) is 9.22. The maximum Gasteiger partial charge on any atom is 0.377 e. The summed E-state index contributed by atoms with van der Waals surface area (Å²) in [6, 6.07) is 14.4. The summed E-state index contributed by atoms with van der Waals surface area (Å²) in [7, 11) is 0. The summed E-state index contributed by atoms with van der Waals surface area (Å²) in [6.45, 7) is 0. The first-order valence-electron chi connectivity index (χ1n) is 5.71. The minimum Gasteiger partial charge on any atom is -0.507 e. The highest BCUT2D eigenvalue weighted by atomic mass is 17.1. The van der Waals surface area contributed by atoms with Crippen molar-refractivity contribution in [3.8, 4) is 5.75 Å². The van der Waals surface area contributed by atoms with Crippen molar-refractivity contribution in [2.45, 2.75) is 0 Å². The lowest BCUT2D eigenvalue weighted by atomic mass is 9.97. The molecule has 3 rings (SSSR count). The largest absolute Gasteiger partial charge is 0.507 e. The maximum absolute atomic E-state index is 11.7. The molecule has 0 heterocycles. The third-order valence-corrected chi connectivity index (χ3v) is 3.18. The van der Waals surface area contributed by atoms with Crippen molar-refractivity contribution in [3.05, 3.63) is 54.1 Å². The SMILES string of the molecule is O=C(OO)c1c(O)ccc2ccc3ccccc3c12. The highest BCUT2D eigenvalue weighted by Crippen LogP contribution is 2.33. The second kappa shape index (κ2) is 4.26. The van der Waals surface area contributed by atoms with E-state index in [0.29, 0.717) is 5.39 Å². The van der Waals surface area contributed by atoms with E-state index in [2.05, 4.69) is 4.89 Å². The zero-order valence-corrected chi connectivity index (χ0v) is 9.83. The summed E-state index contributed by atoms with van der Waals surface area (Å²) in [5.74, 6) is -1.19. The quantitative estimate of drug-likeness (QED) is 0.397. The molecule has 0 fully saturated rings. The number of hydrogen-bond donors (Lipinski definition) is 2. The first-order valence-corrected chi connectivity index (χ1v) is 5.71. The number of fused-ring (bicyclic) bond motifs is 3. The summed E-state index contributed by atoms with van der Waals surface area (Å²) < 4.78 is 0. The molecular formula is C15H10O4. The molecule has 0 amide bonds. The van der Waals surface area contributed by atoms with Gasteiger partial charge in [-0.15, -0.1) is 0 Å². The second-order valence-corrected chi connectivity index (χ2v) is 4.22. The number of phenols is 1. The van der Waals surface area contributed by atoms with E-state index in [1.165, 1.54) is 6.07 Å². The van der Waals surface area contributed by atoms with E-state index in [0.717, 1.165) is 16.2 Å². The maximum atomic E-state index is 11.7. The van der Waals surface area contributed by atoms with Crippen LogP contribution in [0.15, 0.2) is 48.5 Å². The number of benzene rings is 3. The minimum absolute atomic E-state index is 0.0307. The molecule has 0 bridgehead atoms. The third-order valence-electron chi connectivity index (χ3n) is 3.18. The van der Waals surface area contributed by atoms with Gasteiger partial charge in [0.05, 0.1) is 0 Å². The van der Waals surface area contributed by atoms with E-state index in [9.17, 15) is 9.90 Å². The van der Waals surface area contributed by atoms with Gasteiger partial charge in [-0.1, -0.05) is 42.5 Å². The lowest BCUT2D eigenvalue weighted by Gasteiger charge is -2.09. The fraction of sp³-hybridized carbons (Fsp3) is 0. The summed E-state index contributed by atoms with van der Waals surface area (Å²) in [5.41, 5.74) is -0.0307. The Kier molecular flexibility index (Phi) is 2.58. The number of carbonyl (C=O) groups excluding carboxylic acids is 1. The van der Waals surface area contributed by atoms with Crippen molar-refractivity contribution >= 4 is 27.5 Å². The number of carbonyl (C=O) groups is 1. The molecule has 0 aliphatic rings. The highest BCUT2D eigenvalue weighted by Gasteiger charge is 2.18. The summed E-state index contributed by atoms with van der Waals surface area (Å²) >= 11 is 0. The molecule has 0 saturated carbocycles. The van der Waals surface area contributed by atoms with Gasteiger partial charge in [-0.25, -0.2) is 4.79 Å². The molecular weight excluding hydrogens is 244 g/mol. The van der Waals surface area contributed by atoms with Crippen molar-refractivity contribution in [3.63, 3.8) is 0 Å². The third kappa shape index (κ3) is 1.70. The Hall–Kier alpha value is -2.59. The van der Waals surface area contributed by atoms with Crippen LogP contribution in [0.4, 0.5) is 0 Å². The monoisotopic (exact) mass is 254 g/mol. The molecule has 2 N–H and O–H groups in total. The number of hydrogen-bond acceptors (Lipinski definition) is 4. The molecule has 0 radical (unpaired) electrons. The van der Waals surface area contributed by atoms with Crippen LogP contribution in [0.25, 0.3) is 21.5 Å². The normalized spacial score (nSPS) is 10.8. The molecule has 0 aliphatic heterocycles. The Morgan fingerprint density at radius 2 is 1.63 bits per heavy atom. The molecule has 0 saturated heterocycles. The molecule has 0 unspecified atom stereocenters. The molecule has 4 nitrogen and oxygen atoms in total. The lowest BCUT2D eigenvalue weighted by molar-refractivity contribution is -0.182. The van der Waals surface area contributed by atoms with Crippen LogP contribution in [0.2, 0.25) is 0 Å². The van der Waals surface area contributed by atoms with E-state index in [4.69, 9.17) is 5.26 Å². The van der Waals surface area contributed by atoms with Gasteiger partial charge in [0.15, 0.2) is 0 Å². The zero-order valence-electron chi connectivity index (χ0n) is 9.83. The molecule has 0 atom stereocenters. The van der Waals surface area contributed by atoms with E-state index in [-0.39, 0.29) is 11.3 Å². The van der Waals surface area contributed by atoms with Gasteiger partial charge in [-0.2, -0.15) is 5.26 Å². The predicted molar refractivity (Wildman–Crippen MR) is 71.2 cm³/mol. The van der Waals surface area contributed by atoms with Gasteiger partial charge in [-0.3, -0.25) is 4.89 Å². The minimum atomic E-state index is -0.973. The number of aromatic hydroxyl groups is 1. The van der Waals surface area contributed by atoms with Crippen molar-refractivity contribution in [1.29, 1.82) is 0 Å². The van der Waals surface area contributed by atoms with Crippen LogP contribution < -0.4 is 0 Å². The van der Waals surface area contributed by atoms with Crippen LogP contribution in [0, 0.1) is 0 Å². The van der Waals surface area contributed by atoms with Crippen LogP contribution in [0.5, 0.6) is 5.75 Å². The van der Waals surface area contributed by atoms with Crippen LogP contribution in [-0.4, -0.2) is 16.3 Å². The van der Waals surface area contributed by atoms with Crippen molar-refractivity contribution < 1.29 is 20.0 Å². The Bertz CT molecular complexity index is 793. The van der Waals surface area contributed by atoms with Crippen molar-refractivity contribution in [2.75, 3.05) is 0 Å². The molecule has 4 heteroatoms. The first kappa shape index (κ1) is 11.5. The van der Waals surface area contributed by atoms with Gasteiger partial charge < -0.3 is 5.11 Å². The molecule has 19 heavy (non-hydrogen) atoms. The van der Waals surface area contributed by atoms with Gasteiger partial charge in [0.1, 0.15) is 11.3 Å². The molecule has 0 aromatic heterocycles.